The van der Waals surface area contributed by atoms with E-state index in [0.717, 1.165) is 24.2 Å². The monoisotopic (exact) mass is 531 g/mol. The molecule has 0 spiro atoms. The fraction of sp³-hybridized carbons (Fsp3) is 0.273. The van der Waals surface area contributed by atoms with E-state index in [1.165, 1.54) is 34.2 Å². The predicted octanol–water partition coefficient (Wildman–Crippen LogP) is 6.18. The lowest BCUT2D eigenvalue weighted by molar-refractivity contribution is -0.113. The number of amides is 1. The summed E-state index contributed by atoms with van der Waals surface area (Å²) in [5, 5.41) is 14.6. The van der Waals surface area contributed by atoms with E-state index < -0.39 is 0 Å². The number of thioether (sulfide) groups is 1. The standard InChI is InChI=1S/C22H22BrN5O2S2/c1-4-9-28-20(17-7-8-18(23)30-17)26-27-22(28)32-12-19(29)25-21-24-16(11-31-21)15-6-5-13(2)14(3)10-15/h5-8,10-11H,4,9,12H2,1-3H3,(H,24,25,29). The van der Waals surface area contributed by atoms with Gasteiger partial charge >= 0.3 is 0 Å². The maximum Gasteiger partial charge on any atom is 0.236 e. The second-order valence-corrected chi connectivity index (χ2v) is 9.82. The van der Waals surface area contributed by atoms with Gasteiger partial charge in [-0.25, -0.2) is 4.98 Å². The lowest BCUT2D eigenvalue weighted by Crippen LogP contribution is -2.14. The number of hydrogen-bond donors (Lipinski definition) is 1. The molecule has 0 aliphatic heterocycles. The summed E-state index contributed by atoms with van der Waals surface area (Å²) in [5.74, 6) is 1.36. The summed E-state index contributed by atoms with van der Waals surface area (Å²) in [4.78, 5) is 17.1. The molecule has 4 aromatic rings. The summed E-state index contributed by atoms with van der Waals surface area (Å²) in [6.45, 7) is 6.98. The Morgan fingerprint density at radius 1 is 1.22 bits per heavy atom. The highest BCUT2D eigenvalue weighted by molar-refractivity contribution is 9.10. The van der Waals surface area contributed by atoms with Gasteiger partial charge in [0.1, 0.15) is 0 Å². The molecule has 0 radical (unpaired) electrons. The van der Waals surface area contributed by atoms with Crippen LogP contribution in [0.5, 0.6) is 0 Å². The maximum absolute atomic E-state index is 12.5. The van der Waals surface area contributed by atoms with Crippen LogP contribution in [0.1, 0.15) is 24.5 Å². The van der Waals surface area contributed by atoms with Gasteiger partial charge in [0.15, 0.2) is 20.7 Å². The minimum atomic E-state index is -0.135. The molecule has 0 saturated heterocycles. The number of anilines is 1. The van der Waals surface area contributed by atoms with Crippen LogP contribution in [-0.2, 0) is 11.3 Å². The van der Waals surface area contributed by atoms with Crippen LogP contribution in [0.15, 0.2) is 50.0 Å². The van der Waals surface area contributed by atoms with Crippen LogP contribution in [0.4, 0.5) is 5.13 Å². The van der Waals surface area contributed by atoms with Crippen molar-refractivity contribution >= 4 is 50.1 Å². The third-order valence-corrected chi connectivity index (χ3v) is 6.99. The van der Waals surface area contributed by atoms with Crippen molar-refractivity contribution < 1.29 is 9.21 Å². The molecule has 0 atom stereocenters. The van der Waals surface area contributed by atoms with Gasteiger partial charge in [-0.3, -0.25) is 9.36 Å². The van der Waals surface area contributed by atoms with Crippen molar-refractivity contribution in [2.75, 3.05) is 11.1 Å². The van der Waals surface area contributed by atoms with Gasteiger partial charge < -0.3 is 9.73 Å². The minimum absolute atomic E-state index is 0.135. The summed E-state index contributed by atoms with van der Waals surface area (Å²) < 4.78 is 8.24. The SMILES string of the molecule is CCCn1c(SCC(=O)Nc2nc(-c3ccc(C)c(C)c3)cs2)nnc1-c1ccc(Br)o1. The first-order chi connectivity index (χ1) is 15.4. The third kappa shape index (κ3) is 5.13. The zero-order valence-electron chi connectivity index (χ0n) is 17.9. The Balaban J connectivity index is 1.41. The molecule has 3 aromatic heterocycles. The lowest BCUT2D eigenvalue weighted by atomic mass is 10.1. The van der Waals surface area contributed by atoms with Gasteiger partial charge in [0.2, 0.25) is 11.7 Å². The van der Waals surface area contributed by atoms with E-state index in [-0.39, 0.29) is 11.7 Å². The van der Waals surface area contributed by atoms with Crippen LogP contribution in [0.3, 0.4) is 0 Å². The Morgan fingerprint density at radius 3 is 2.78 bits per heavy atom. The number of rotatable bonds is 8. The molecule has 0 bridgehead atoms. The molecule has 0 aliphatic carbocycles. The average molecular weight is 532 g/mol. The first-order valence-corrected chi connectivity index (χ1v) is 12.7. The number of halogens is 1. The Bertz CT molecular complexity index is 1250. The second-order valence-electron chi connectivity index (χ2n) is 7.24. The Kier molecular flexibility index (Phi) is 7.12. The van der Waals surface area contributed by atoms with Crippen molar-refractivity contribution in [1.82, 2.24) is 19.7 Å². The molecule has 0 fully saturated rings. The van der Waals surface area contributed by atoms with Gasteiger partial charge in [-0.2, -0.15) is 0 Å². The predicted molar refractivity (Wildman–Crippen MR) is 132 cm³/mol. The quantitative estimate of drug-likeness (QED) is 0.273. The largest absolute Gasteiger partial charge is 0.446 e. The van der Waals surface area contributed by atoms with Crippen molar-refractivity contribution in [3.63, 3.8) is 0 Å². The summed E-state index contributed by atoms with van der Waals surface area (Å²) >= 11 is 6.08. The van der Waals surface area contributed by atoms with E-state index in [2.05, 4.69) is 75.4 Å². The molecule has 1 N–H and O–H groups in total. The van der Waals surface area contributed by atoms with Crippen LogP contribution < -0.4 is 5.32 Å². The van der Waals surface area contributed by atoms with Crippen LogP contribution in [0.25, 0.3) is 22.8 Å². The number of aromatic nitrogens is 4. The second kappa shape index (κ2) is 10.0. The van der Waals surface area contributed by atoms with Crippen LogP contribution >= 0.6 is 39.0 Å². The van der Waals surface area contributed by atoms with Gasteiger partial charge in [-0.05, 0) is 65.5 Å². The van der Waals surface area contributed by atoms with E-state index >= 15 is 0 Å². The van der Waals surface area contributed by atoms with E-state index in [1.807, 2.05) is 22.1 Å². The van der Waals surface area contributed by atoms with Gasteiger partial charge in [0.25, 0.3) is 0 Å². The van der Waals surface area contributed by atoms with E-state index in [4.69, 9.17) is 4.42 Å². The fourth-order valence-electron chi connectivity index (χ4n) is 3.09. The van der Waals surface area contributed by atoms with Crippen molar-refractivity contribution in [3.8, 4) is 22.8 Å². The van der Waals surface area contributed by atoms with Gasteiger partial charge in [0.05, 0.1) is 11.4 Å². The zero-order valence-corrected chi connectivity index (χ0v) is 21.1. The number of carbonyl (C=O) groups is 1. The molecule has 1 amide bonds. The number of hydrogen-bond acceptors (Lipinski definition) is 7. The minimum Gasteiger partial charge on any atom is -0.446 e. The molecule has 0 saturated carbocycles. The summed E-state index contributed by atoms with van der Waals surface area (Å²) in [5.41, 5.74) is 4.37. The number of benzene rings is 1. The lowest BCUT2D eigenvalue weighted by Gasteiger charge is -2.07. The number of nitrogens with one attached hydrogen (secondary N) is 1. The van der Waals surface area contributed by atoms with Gasteiger partial charge in [0, 0.05) is 17.5 Å². The first-order valence-electron chi connectivity index (χ1n) is 10.1. The van der Waals surface area contributed by atoms with Crippen molar-refractivity contribution in [3.05, 3.63) is 51.5 Å². The molecule has 3 heterocycles. The molecule has 32 heavy (non-hydrogen) atoms. The van der Waals surface area contributed by atoms with Crippen LogP contribution in [-0.4, -0.2) is 31.4 Å². The highest BCUT2D eigenvalue weighted by Crippen LogP contribution is 2.29. The van der Waals surface area contributed by atoms with Crippen molar-refractivity contribution in [2.24, 2.45) is 0 Å². The van der Waals surface area contributed by atoms with E-state index in [9.17, 15) is 4.79 Å². The van der Waals surface area contributed by atoms with Gasteiger partial charge in [-0.15, -0.1) is 21.5 Å². The Labute approximate surface area is 202 Å². The highest BCUT2D eigenvalue weighted by atomic mass is 79.9. The molecular formula is C22H22BrN5O2S2. The molecule has 166 valence electrons. The number of furan rings is 1. The number of aryl methyl sites for hydroxylation is 2. The molecule has 4 rings (SSSR count). The van der Waals surface area contributed by atoms with Crippen molar-refractivity contribution in [2.45, 2.75) is 38.9 Å². The summed E-state index contributed by atoms with van der Waals surface area (Å²) in [6.07, 6.45) is 0.910. The number of thiazole rings is 1. The highest BCUT2D eigenvalue weighted by Gasteiger charge is 2.18. The van der Waals surface area contributed by atoms with Crippen LogP contribution in [0, 0.1) is 13.8 Å². The molecule has 1 aromatic carbocycles. The van der Waals surface area contributed by atoms with Crippen molar-refractivity contribution in [1.29, 1.82) is 0 Å². The topological polar surface area (TPSA) is 85.8 Å². The fourth-order valence-corrected chi connectivity index (χ4v) is 4.89. The zero-order chi connectivity index (χ0) is 22.7. The smallest absolute Gasteiger partial charge is 0.236 e. The van der Waals surface area contributed by atoms with E-state index in [1.54, 1.807) is 0 Å². The third-order valence-electron chi connectivity index (χ3n) is 4.84. The summed E-state index contributed by atoms with van der Waals surface area (Å²) in [7, 11) is 0. The first kappa shape index (κ1) is 22.8. The average Bonchev–Trinajstić information content (AvgIpc) is 3.49. The Morgan fingerprint density at radius 2 is 2.06 bits per heavy atom. The molecule has 0 aliphatic rings. The van der Waals surface area contributed by atoms with Crippen LogP contribution in [0.2, 0.25) is 0 Å². The maximum atomic E-state index is 12.5. The molecule has 7 nitrogen and oxygen atoms in total. The number of nitrogens with zero attached hydrogens (tertiary/aromatic N) is 4. The summed E-state index contributed by atoms with van der Waals surface area (Å²) in [6, 6.07) is 9.91. The normalized spacial score (nSPS) is 11.1. The van der Waals surface area contributed by atoms with Gasteiger partial charge in [-0.1, -0.05) is 30.8 Å². The molecule has 0 unspecified atom stereocenters. The number of carbonyl (C=O) groups excluding carboxylic acids is 1. The molecule has 10 heteroatoms. The molecular weight excluding hydrogens is 510 g/mol. The Hall–Kier alpha value is -2.43. The van der Waals surface area contributed by atoms with E-state index in [0.29, 0.717) is 26.5 Å².